The summed E-state index contributed by atoms with van der Waals surface area (Å²) in [6, 6.07) is 119. The first kappa shape index (κ1) is 76.3. The van der Waals surface area contributed by atoms with Crippen LogP contribution in [0.5, 0.6) is 23.0 Å². The second kappa shape index (κ2) is 29.7. The van der Waals surface area contributed by atoms with Crippen molar-refractivity contribution in [3.63, 3.8) is 0 Å². The molecule has 20 aromatic rings. The number of methoxy groups -OCH3 is 4. The van der Waals surface area contributed by atoms with Crippen LogP contribution in [0.3, 0.4) is 0 Å². The minimum absolute atomic E-state index is 0.778. The first-order chi connectivity index (χ1) is 61.2. The monoisotopic (exact) mass is 1630 g/mol. The van der Waals surface area contributed by atoms with Gasteiger partial charge in [0.25, 0.3) is 0 Å². The minimum atomic E-state index is -1.08. The van der Waals surface area contributed by atoms with Crippen LogP contribution in [-0.2, 0) is 31.6 Å². The van der Waals surface area contributed by atoms with Crippen molar-refractivity contribution >= 4 is 155 Å². The lowest BCUT2D eigenvalue weighted by Gasteiger charge is -2.35. The molecular weight excluding hydrogens is 1530 g/mol. The van der Waals surface area contributed by atoms with E-state index in [4.69, 9.17) is 18.9 Å². The number of hydrogen-bond acceptors (Lipinski definition) is 8. The maximum atomic E-state index is 5.98. The van der Waals surface area contributed by atoms with Crippen LogP contribution >= 0.6 is 0 Å². The second-order valence-corrected chi connectivity index (χ2v) is 33.7. The molecule has 0 amide bonds. The molecule has 12 nitrogen and oxygen atoms in total. The summed E-state index contributed by atoms with van der Waals surface area (Å²) in [6.07, 6.45) is 0. The number of fused-ring (bicyclic) bond motifs is 22. The number of aromatic nitrogens is 4. The van der Waals surface area contributed by atoms with E-state index in [2.05, 4.69) is 409 Å². The Morgan fingerprint density at radius 1 is 0.200 bits per heavy atom. The van der Waals surface area contributed by atoms with Crippen molar-refractivity contribution in [2.75, 3.05) is 48.0 Å². The Morgan fingerprint density at radius 2 is 0.368 bits per heavy atom. The van der Waals surface area contributed by atoms with E-state index in [-0.39, 0.29) is 0 Å². The van der Waals surface area contributed by atoms with Gasteiger partial charge in [-0.15, -0.1) is 0 Å². The molecule has 2 aliphatic rings. The van der Waals surface area contributed by atoms with Crippen molar-refractivity contribution in [2.24, 2.45) is 0 Å². The minimum Gasteiger partial charge on any atom is -0.497 e. The molecule has 16 aromatic carbocycles. The van der Waals surface area contributed by atoms with E-state index in [0.717, 1.165) is 162 Å². The van der Waals surface area contributed by atoms with E-state index in [0.29, 0.717) is 0 Å². The number of anilines is 12. The lowest BCUT2D eigenvalue weighted by Crippen LogP contribution is -2.27. The Kier molecular flexibility index (Phi) is 18.1. The quantitative estimate of drug-likeness (QED) is 0.0748. The second-order valence-electron chi connectivity index (χ2n) is 33.7. The molecule has 0 N–H and O–H groups in total. The molecule has 612 valence electrons. The Morgan fingerprint density at radius 3 is 0.560 bits per heavy atom. The topological polar surface area (TPSA) is 69.6 Å². The van der Waals surface area contributed by atoms with E-state index in [9.17, 15) is 0 Å². The lowest BCUT2D eigenvalue weighted by atomic mass is 9.70. The number of benzene rings is 16. The molecule has 0 atom stereocenters. The van der Waals surface area contributed by atoms with Gasteiger partial charge in [0.05, 0.1) is 55.9 Å². The average Bonchev–Trinajstić information content (AvgIpc) is 1.50. The zero-order chi connectivity index (χ0) is 84.9. The summed E-state index contributed by atoms with van der Waals surface area (Å²) < 4.78 is 33.8. The van der Waals surface area contributed by atoms with Gasteiger partial charge in [-0.2, -0.15) is 0 Å². The summed E-state index contributed by atoms with van der Waals surface area (Å²) in [6.45, 7) is 21.0. The normalized spacial score (nSPS) is 12.5. The van der Waals surface area contributed by atoms with Gasteiger partial charge in [0.15, 0.2) is 0 Å². The predicted octanol–water partition coefficient (Wildman–Crippen LogP) is 29.7. The average molecular weight is 1630 g/mol. The first-order valence-electron chi connectivity index (χ1n) is 43.7. The maximum absolute atomic E-state index is 5.98. The van der Waals surface area contributed by atoms with E-state index in [1.807, 2.05) is 0 Å². The van der Waals surface area contributed by atoms with Gasteiger partial charge in [0.2, 0.25) is 0 Å². The molecule has 0 unspecified atom stereocenters. The summed E-state index contributed by atoms with van der Waals surface area (Å²) >= 11 is 0. The molecule has 1 spiro atoms. The summed E-state index contributed by atoms with van der Waals surface area (Å²) in [5, 5.41) is 9.83. The highest BCUT2D eigenvalue weighted by Gasteiger charge is 2.53. The molecule has 0 fully saturated rings. The van der Waals surface area contributed by atoms with Crippen molar-refractivity contribution in [3.8, 4) is 45.3 Å². The van der Waals surface area contributed by atoms with Crippen LogP contribution in [0, 0.1) is 27.7 Å². The fourth-order valence-corrected chi connectivity index (χ4v) is 21.1. The van der Waals surface area contributed by atoms with Crippen molar-refractivity contribution in [2.45, 2.75) is 87.0 Å². The molecule has 0 saturated carbocycles. The fraction of sp³-hybridized carbons (Fsp3) is 0.150. The molecule has 0 saturated heterocycles. The number of ether oxygens (including phenoxy) is 4. The molecule has 2 aliphatic carbocycles. The fourth-order valence-electron chi connectivity index (χ4n) is 21.1. The summed E-state index contributed by atoms with van der Waals surface area (Å²) in [5.41, 5.74) is 34.6. The van der Waals surface area contributed by atoms with Crippen LogP contribution in [0.1, 0.15) is 72.2 Å². The number of rotatable bonds is 20. The van der Waals surface area contributed by atoms with Crippen LogP contribution in [-0.4, -0.2) is 46.7 Å². The van der Waals surface area contributed by atoms with Crippen LogP contribution in [0.25, 0.3) is 109 Å². The number of hydrogen-bond donors (Lipinski definition) is 0. The molecule has 12 heteroatoms. The summed E-state index contributed by atoms with van der Waals surface area (Å²) in [7, 11) is 6.98. The van der Waals surface area contributed by atoms with Gasteiger partial charge < -0.3 is 56.8 Å². The van der Waals surface area contributed by atoms with Crippen LogP contribution in [0.15, 0.2) is 315 Å². The third-order valence-electron chi connectivity index (χ3n) is 26.9. The molecule has 4 heterocycles. The molecule has 0 bridgehead atoms. The summed E-state index contributed by atoms with van der Waals surface area (Å²) in [4.78, 5) is 9.85. The van der Waals surface area contributed by atoms with E-state index in [1.54, 1.807) is 28.4 Å². The SMILES string of the molecule is CCn1c2cc(C)ccc2c2ccc(N(c3ccc(OC)cc3)c3ccc4c(c3)C3(c5cc(N(c6ccc(OC)cc6)c6ccc7c8ccc(C)cc8n(CC)c7c6)ccc5-4)c4cc(N(c5ccc(OC)cc5)c5ccc6c7ccc(C)cc7n(CC)c6c5)ccc4-c4ccc(N(c5ccc(OC)cc5)c5ccc6c7ccc(C)cc7n(CC)c6c5)cc43)cc21. The Labute approximate surface area is 728 Å². The Bertz CT molecular complexity index is 6860. The van der Waals surface area contributed by atoms with Crippen molar-refractivity contribution in [1.82, 2.24) is 18.3 Å². The first-order valence-corrected chi connectivity index (χ1v) is 43.7. The van der Waals surface area contributed by atoms with Crippen molar-refractivity contribution < 1.29 is 18.9 Å². The molecule has 0 aliphatic heterocycles. The highest BCUT2D eigenvalue weighted by molar-refractivity contribution is 6.14. The van der Waals surface area contributed by atoms with Crippen molar-refractivity contribution in [1.29, 1.82) is 0 Å². The zero-order valence-electron chi connectivity index (χ0n) is 72.6. The molecule has 125 heavy (non-hydrogen) atoms. The van der Waals surface area contributed by atoms with Gasteiger partial charge in [0, 0.05) is 160 Å². The highest BCUT2D eigenvalue weighted by atomic mass is 16.5. The maximum Gasteiger partial charge on any atom is 0.119 e. The van der Waals surface area contributed by atoms with Gasteiger partial charge in [0.1, 0.15) is 23.0 Å². The van der Waals surface area contributed by atoms with Gasteiger partial charge in [-0.1, -0.05) is 97.1 Å². The van der Waals surface area contributed by atoms with Crippen LogP contribution in [0.2, 0.25) is 0 Å². The smallest absolute Gasteiger partial charge is 0.119 e. The number of aryl methyl sites for hydroxylation is 8. The van der Waals surface area contributed by atoms with Gasteiger partial charge in [-0.3, -0.25) is 0 Å². The van der Waals surface area contributed by atoms with Crippen LogP contribution < -0.4 is 38.5 Å². The van der Waals surface area contributed by atoms with E-state index in [1.165, 1.54) is 109 Å². The molecular formula is C113H96N8O4. The lowest BCUT2D eigenvalue weighted by molar-refractivity contribution is 0.414. The van der Waals surface area contributed by atoms with E-state index >= 15 is 0 Å². The third kappa shape index (κ3) is 11.8. The highest BCUT2D eigenvalue weighted by Crippen LogP contribution is 2.66. The standard InChI is InChI=1S/C113H96N8O4/c1-13-114-105-57-69(5)17-45-93(105)97-53-33-81(65-109(97)114)118(73-21-37-85(122-9)38-22-73)77-29-49-89-90-50-30-78(119(74-23-39-86(123-10)40-24-74)82-34-54-98-94-46-18-70(6)58-106(94)115(14-2)110(98)66-82)62-102(90)113(101(89)61-77)103-63-79(120(75-25-41-87(124-11)42-26-75)83-35-55-99-95-47-19-71(7)59-107(95)116(15-3)111(99)67-83)31-51-91(103)92-52-32-80(64-104(92)113)121(76-27-43-88(125-12)44-28-76)84-36-56-100-96-48-20-72(8)60-108(96)117(16-4)112(100)68-84/h17-68H,13-16H2,1-12H3. The van der Waals surface area contributed by atoms with Crippen LogP contribution in [0.4, 0.5) is 68.2 Å². The van der Waals surface area contributed by atoms with Gasteiger partial charge in [-0.05, 0) is 341 Å². The van der Waals surface area contributed by atoms with Crippen molar-refractivity contribution in [3.05, 3.63) is 360 Å². The van der Waals surface area contributed by atoms with Gasteiger partial charge in [-0.25, -0.2) is 0 Å². The summed E-state index contributed by atoms with van der Waals surface area (Å²) in [5.74, 6) is 3.11. The largest absolute Gasteiger partial charge is 0.497 e. The predicted molar refractivity (Wildman–Crippen MR) is 521 cm³/mol. The number of nitrogens with zero attached hydrogens (tertiary/aromatic N) is 8. The molecule has 0 radical (unpaired) electrons. The Balaban J connectivity index is 0.857. The third-order valence-corrected chi connectivity index (χ3v) is 26.9. The molecule has 22 rings (SSSR count). The zero-order valence-corrected chi connectivity index (χ0v) is 72.6. The Hall–Kier alpha value is -14.9. The van der Waals surface area contributed by atoms with Gasteiger partial charge >= 0.3 is 0 Å². The van der Waals surface area contributed by atoms with E-state index < -0.39 is 5.41 Å². The molecule has 4 aromatic heterocycles.